The van der Waals surface area contributed by atoms with Crippen LogP contribution in [0.3, 0.4) is 0 Å². The molecule has 0 aliphatic rings. The van der Waals surface area contributed by atoms with Gasteiger partial charge in [0.25, 0.3) is 11.8 Å². The van der Waals surface area contributed by atoms with E-state index in [0.717, 1.165) is 10.4 Å². The second-order valence-corrected chi connectivity index (χ2v) is 7.23. The van der Waals surface area contributed by atoms with Crippen molar-refractivity contribution in [2.75, 3.05) is 13.7 Å². The third-order valence-electron chi connectivity index (χ3n) is 4.22. The van der Waals surface area contributed by atoms with Crippen LogP contribution >= 0.6 is 11.3 Å². The quantitative estimate of drug-likeness (QED) is 0.558. The summed E-state index contributed by atoms with van der Waals surface area (Å²) in [5, 5.41) is 7.53. The largest absolute Gasteiger partial charge is 0.497 e. The first kappa shape index (κ1) is 20.4. The molecule has 0 saturated heterocycles. The number of amides is 2. The number of hydrogen-bond donors (Lipinski definition) is 2. The third kappa shape index (κ3) is 6.05. The fourth-order valence-electron chi connectivity index (χ4n) is 2.67. The van der Waals surface area contributed by atoms with Crippen molar-refractivity contribution in [2.45, 2.75) is 6.42 Å². The van der Waals surface area contributed by atoms with Crippen LogP contribution < -0.4 is 15.4 Å². The number of rotatable bonds is 8. The van der Waals surface area contributed by atoms with Crippen LogP contribution in [0.15, 0.2) is 77.8 Å². The molecule has 0 atom stereocenters. The summed E-state index contributed by atoms with van der Waals surface area (Å²) >= 11 is 1.49. The lowest BCUT2D eigenvalue weighted by Gasteiger charge is -2.11. The van der Waals surface area contributed by atoms with Crippen LogP contribution in [-0.2, 0) is 11.2 Å². The Balaban J connectivity index is 1.68. The van der Waals surface area contributed by atoms with E-state index in [0.29, 0.717) is 24.3 Å². The van der Waals surface area contributed by atoms with Gasteiger partial charge in [-0.2, -0.15) is 0 Å². The van der Waals surface area contributed by atoms with Gasteiger partial charge in [-0.05, 0) is 53.8 Å². The average molecular weight is 407 g/mol. The lowest BCUT2D eigenvalue weighted by atomic mass is 10.1. The first-order chi connectivity index (χ1) is 14.2. The van der Waals surface area contributed by atoms with E-state index >= 15 is 0 Å². The molecule has 3 aromatic rings. The van der Waals surface area contributed by atoms with Gasteiger partial charge in [0.2, 0.25) is 0 Å². The van der Waals surface area contributed by atoms with Gasteiger partial charge in [0, 0.05) is 17.0 Å². The highest BCUT2D eigenvalue weighted by Crippen LogP contribution is 2.14. The van der Waals surface area contributed by atoms with Crippen LogP contribution in [-0.4, -0.2) is 25.5 Å². The van der Waals surface area contributed by atoms with E-state index in [4.69, 9.17) is 4.74 Å². The van der Waals surface area contributed by atoms with E-state index < -0.39 is 0 Å². The Morgan fingerprint density at radius 2 is 1.76 bits per heavy atom. The topological polar surface area (TPSA) is 67.4 Å². The Hall–Kier alpha value is -3.38. The molecule has 6 heteroatoms. The summed E-state index contributed by atoms with van der Waals surface area (Å²) in [7, 11) is 1.57. The van der Waals surface area contributed by atoms with Crippen LogP contribution in [0.4, 0.5) is 0 Å². The number of carbonyl (C=O) groups excluding carboxylic acids is 2. The summed E-state index contributed by atoms with van der Waals surface area (Å²) in [6, 6.07) is 20.4. The number of ether oxygens (including phenoxy) is 1. The highest BCUT2D eigenvalue weighted by molar-refractivity contribution is 7.10. The molecule has 2 amide bonds. The molecule has 0 aliphatic carbocycles. The maximum atomic E-state index is 12.7. The third-order valence-corrected chi connectivity index (χ3v) is 5.04. The maximum Gasteiger partial charge on any atom is 0.267 e. The number of thiophene rings is 1. The predicted molar refractivity (Wildman–Crippen MR) is 116 cm³/mol. The van der Waals surface area contributed by atoms with Crippen molar-refractivity contribution in [3.05, 3.63) is 93.8 Å². The summed E-state index contributed by atoms with van der Waals surface area (Å²) < 4.78 is 5.11. The summed E-state index contributed by atoms with van der Waals surface area (Å²) in [5.74, 6) is -0.0144. The van der Waals surface area contributed by atoms with Gasteiger partial charge in [-0.1, -0.05) is 36.4 Å². The summed E-state index contributed by atoms with van der Waals surface area (Å²) in [6.45, 7) is 0.475. The minimum Gasteiger partial charge on any atom is -0.497 e. The molecule has 1 aromatic heterocycles. The fraction of sp³-hybridized carbons (Fsp3) is 0.130. The van der Waals surface area contributed by atoms with E-state index in [1.165, 1.54) is 11.3 Å². The molecule has 148 valence electrons. The SMILES string of the molecule is COc1ccc(C(=O)N/C(=C\c2cccs2)C(=O)NCCc2ccccc2)cc1. The first-order valence-electron chi connectivity index (χ1n) is 9.18. The molecule has 0 radical (unpaired) electrons. The zero-order chi connectivity index (χ0) is 20.5. The average Bonchev–Trinajstić information content (AvgIpc) is 3.27. The molecule has 0 fully saturated rings. The molecular formula is C23H22N2O3S. The van der Waals surface area contributed by atoms with Gasteiger partial charge < -0.3 is 15.4 Å². The van der Waals surface area contributed by atoms with Gasteiger partial charge in [0.15, 0.2) is 0 Å². The normalized spacial score (nSPS) is 11.0. The molecule has 0 aliphatic heterocycles. The fourth-order valence-corrected chi connectivity index (χ4v) is 3.33. The lowest BCUT2D eigenvalue weighted by Crippen LogP contribution is -2.35. The van der Waals surface area contributed by atoms with Crippen molar-refractivity contribution in [3.8, 4) is 5.75 Å². The number of nitrogens with one attached hydrogen (secondary N) is 2. The molecule has 0 spiro atoms. The van der Waals surface area contributed by atoms with Crippen LogP contribution in [0, 0.1) is 0 Å². The number of hydrogen-bond acceptors (Lipinski definition) is 4. The molecule has 5 nitrogen and oxygen atoms in total. The maximum absolute atomic E-state index is 12.7. The summed E-state index contributed by atoms with van der Waals surface area (Å²) in [4.78, 5) is 26.2. The zero-order valence-corrected chi connectivity index (χ0v) is 16.9. The standard InChI is InChI=1S/C23H22N2O3S/c1-28-19-11-9-18(10-12-19)22(26)25-21(16-20-8-5-15-29-20)23(27)24-14-13-17-6-3-2-4-7-17/h2-12,15-16H,13-14H2,1H3,(H,24,27)(H,25,26)/b21-16-. The Morgan fingerprint density at radius 1 is 1.00 bits per heavy atom. The molecule has 1 heterocycles. The van der Waals surface area contributed by atoms with Crippen molar-refractivity contribution in [2.24, 2.45) is 0 Å². The number of methoxy groups -OCH3 is 1. The minimum absolute atomic E-state index is 0.210. The van der Waals surface area contributed by atoms with E-state index in [9.17, 15) is 9.59 Å². The van der Waals surface area contributed by atoms with Crippen molar-refractivity contribution in [1.29, 1.82) is 0 Å². The Bertz CT molecular complexity index is 965. The highest BCUT2D eigenvalue weighted by atomic mass is 32.1. The first-order valence-corrected chi connectivity index (χ1v) is 10.1. The monoisotopic (exact) mass is 406 g/mol. The molecule has 0 bridgehead atoms. The Kier molecular flexibility index (Phi) is 7.19. The molecule has 0 saturated carbocycles. The summed E-state index contributed by atoms with van der Waals surface area (Å²) in [5.41, 5.74) is 1.79. The second-order valence-electron chi connectivity index (χ2n) is 6.25. The van der Waals surface area contributed by atoms with Crippen LogP contribution in [0.2, 0.25) is 0 Å². The van der Waals surface area contributed by atoms with Gasteiger partial charge in [-0.3, -0.25) is 9.59 Å². The van der Waals surface area contributed by atoms with Crippen LogP contribution in [0.25, 0.3) is 6.08 Å². The van der Waals surface area contributed by atoms with E-state index in [-0.39, 0.29) is 17.5 Å². The van der Waals surface area contributed by atoms with Gasteiger partial charge in [0.1, 0.15) is 11.4 Å². The lowest BCUT2D eigenvalue weighted by molar-refractivity contribution is -0.117. The molecule has 29 heavy (non-hydrogen) atoms. The molecule has 2 aromatic carbocycles. The molecule has 0 unspecified atom stereocenters. The van der Waals surface area contributed by atoms with Crippen molar-refractivity contribution < 1.29 is 14.3 Å². The van der Waals surface area contributed by atoms with Crippen molar-refractivity contribution in [3.63, 3.8) is 0 Å². The smallest absolute Gasteiger partial charge is 0.267 e. The Morgan fingerprint density at radius 3 is 2.41 bits per heavy atom. The van der Waals surface area contributed by atoms with Gasteiger partial charge in [-0.15, -0.1) is 11.3 Å². The van der Waals surface area contributed by atoms with E-state index in [1.54, 1.807) is 37.5 Å². The van der Waals surface area contributed by atoms with E-state index in [2.05, 4.69) is 10.6 Å². The highest BCUT2D eigenvalue weighted by Gasteiger charge is 2.15. The molecule has 3 rings (SSSR count). The van der Waals surface area contributed by atoms with E-state index in [1.807, 2.05) is 47.8 Å². The summed E-state index contributed by atoms with van der Waals surface area (Å²) in [6.07, 6.45) is 2.40. The van der Waals surface area contributed by atoms with Crippen LogP contribution in [0.1, 0.15) is 20.8 Å². The number of carbonyl (C=O) groups is 2. The van der Waals surface area contributed by atoms with Gasteiger partial charge in [-0.25, -0.2) is 0 Å². The van der Waals surface area contributed by atoms with Gasteiger partial charge in [0.05, 0.1) is 7.11 Å². The minimum atomic E-state index is -0.353. The molecular weight excluding hydrogens is 384 g/mol. The Labute approximate surface area is 174 Å². The zero-order valence-electron chi connectivity index (χ0n) is 16.1. The molecule has 2 N–H and O–H groups in total. The van der Waals surface area contributed by atoms with Gasteiger partial charge >= 0.3 is 0 Å². The van der Waals surface area contributed by atoms with Crippen LogP contribution in [0.5, 0.6) is 5.75 Å². The van der Waals surface area contributed by atoms with Crippen molar-refractivity contribution in [1.82, 2.24) is 10.6 Å². The number of benzene rings is 2. The second kappa shape index (κ2) is 10.2. The predicted octanol–water partition coefficient (Wildman–Crippen LogP) is 3.89. The van der Waals surface area contributed by atoms with Crippen molar-refractivity contribution >= 4 is 29.2 Å².